The van der Waals surface area contributed by atoms with Crippen molar-refractivity contribution in [2.24, 2.45) is 0 Å². The summed E-state index contributed by atoms with van der Waals surface area (Å²) in [5.74, 6) is 0.849. The second-order valence-corrected chi connectivity index (χ2v) is 4.67. The standard InChI is InChI=1S/C11H14BrNO2/c1-15-11-3-2-8(4-10(11)12)5-13-6-9(14)7-13/h2-4,9,14H,5-7H2,1H3. The maximum absolute atomic E-state index is 9.16. The molecule has 1 fully saturated rings. The smallest absolute Gasteiger partial charge is 0.133 e. The molecule has 0 atom stereocenters. The van der Waals surface area contributed by atoms with Crippen molar-refractivity contribution >= 4 is 15.9 Å². The van der Waals surface area contributed by atoms with Crippen LogP contribution < -0.4 is 4.74 Å². The van der Waals surface area contributed by atoms with Crippen molar-refractivity contribution in [2.75, 3.05) is 20.2 Å². The molecule has 4 heteroatoms. The number of hydrogen-bond donors (Lipinski definition) is 1. The normalized spacial score (nSPS) is 17.5. The molecule has 82 valence electrons. The SMILES string of the molecule is COc1ccc(CN2CC(O)C2)cc1Br. The van der Waals surface area contributed by atoms with Crippen molar-refractivity contribution in [3.05, 3.63) is 28.2 Å². The molecule has 2 rings (SSSR count). The number of ether oxygens (including phenoxy) is 1. The molecule has 0 aromatic heterocycles. The van der Waals surface area contributed by atoms with Gasteiger partial charge in [0.1, 0.15) is 5.75 Å². The van der Waals surface area contributed by atoms with Crippen molar-refractivity contribution < 1.29 is 9.84 Å². The van der Waals surface area contributed by atoms with E-state index in [1.54, 1.807) is 7.11 Å². The number of hydrogen-bond acceptors (Lipinski definition) is 3. The summed E-state index contributed by atoms with van der Waals surface area (Å²) in [7, 11) is 1.66. The Labute approximate surface area is 97.8 Å². The number of benzene rings is 1. The number of aliphatic hydroxyl groups is 1. The van der Waals surface area contributed by atoms with E-state index in [0.717, 1.165) is 29.9 Å². The molecular formula is C11H14BrNO2. The number of rotatable bonds is 3. The maximum Gasteiger partial charge on any atom is 0.133 e. The Kier molecular flexibility index (Phi) is 3.29. The molecule has 0 bridgehead atoms. The van der Waals surface area contributed by atoms with Crippen LogP contribution in [-0.2, 0) is 6.54 Å². The van der Waals surface area contributed by atoms with Gasteiger partial charge in [0.05, 0.1) is 17.7 Å². The lowest BCUT2D eigenvalue weighted by atomic mass is 10.1. The summed E-state index contributed by atoms with van der Waals surface area (Å²) in [6.07, 6.45) is -0.133. The zero-order valence-corrected chi connectivity index (χ0v) is 10.2. The van der Waals surface area contributed by atoms with Gasteiger partial charge in [0.15, 0.2) is 0 Å². The molecule has 1 aromatic carbocycles. The van der Waals surface area contributed by atoms with Gasteiger partial charge in [-0.1, -0.05) is 6.07 Å². The first-order valence-electron chi connectivity index (χ1n) is 4.92. The molecule has 1 aliphatic rings. The van der Waals surface area contributed by atoms with E-state index in [-0.39, 0.29) is 6.10 Å². The Morgan fingerprint density at radius 3 is 2.80 bits per heavy atom. The van der Waals surface area contributed by atoms with Gasteiger partial charge < -0.3 is 9.84 Å². The minimum Gasteiger partial charge on any atom is -0.496 e. The monoisotopic (exact) mass is 271 g/mol. The van der Waals surface area contributed by atoms with Crippen LogP contribution in [0.15, 0.2) is 22.7 Å². The largest absolute Gasteiger partial charge is 0.496 e. The summed E-state index contributed by atoms with van der Waals surface area (Å²) < 4.78 is 6.14. The van der Waals surface area contributed by atoms with Gasteiger partial charge in [-0.05, 0) is 33.6 Å². The van der Waals surface area contributed by atoms with Crippen molar-refractivity contribution in [3.8, 4) is 5.75 Å². The first kappa shape index (κ1) is 10.9. The Morgan fingerprint density at radius 1 is 1.53 bits per heavy atom. The second kappa shape index (κ2) is 4.51. The lowest BCUT2D eigenvalue weighted by Crippen LogP contribution is -2.49. The molecule has 15 heavy (non-hydrogen) atoms. The minimum atomic E-state index is -0.133. The fraction of sp³-hybridized carbons (Fsp3) is 0.455. The average molecular weight is 272 g/mol. The molecular weight excluding hydrogens is 258 g/mol. The number of methoxy groups -OCH3 is 1. The molecule has 1 aromatic rings. The summed E-state index contributed by atoms with van der Waals surface area (Å²) in [6.45, 7) is 2.45. The third-order valence-electron chi connectivity index (χ3n) is 2.56. The molecule has 0 radical (unpaired) electrons. The zero-order chi connectivity index (χ0) is 10.8. The van der Waals surface area contributed by atoms with Crippen molar-refractivity contribution in [3.63, 3.8) is 0 Å². The zero-order valence-electron chi connectivity index (χ0n) is 8.61. The van der Waals surface area contributed by atoms with E-state index >= 15 is 0 Å². The van der Waals surface area contributed by atoms with Gasteiger partial charge in [0.25, 0.3) is 0 Å². The van der Waals surface area contributed by atoms with Crippen LogP contribution in [0.3, 0.4) is 0 Å². The van der Waals surface area contributed by atoms with Gasteiger partial charge in [-0.25, -0.2) is 0 Å². The van der Waals surface area contributed by atoms with E-state index < -0.39 is 0 Å². The van der Waals surface area contributed by atoms with Crippen molar-refractivity contribution in [1.82, 2.24) is 4.90 Å². The van der Waals surface area contributed by atoms with E-state index in [1.165, 1.54) is 5.56 Å². The summed E-state index contributed by atoms with van der Waals surface area (Å²) in [5, 5.41) is 9.16. The fourth-order valence-electron chi connectivity index (χ4n) is 1.74. The number of halogens is 1. The minimum absolute atomic E-state index is 0.133. The van der Waals surface area contributed by atoms with Crippen LogP contribution in [-0.4, -0.2) is 36.3 Å². The van der Waals surface area contributed by atoms with Gasteiger partial charge in [-0.15, -0.1) is 0 Å². The Balaban J connectivity index is 2.00. The van der Waals surface area contributed by atoms with Crippen LogP contribution in [0, 0.1) is 0 Å². The molecule has 0 saturated carbocycles. The first-order valence-corrected chi connectivity index (χ1v) is 5.71. The maximum atomic E-state index is 9.16. The predicted molar refractivity (Wildman–Crippen MR) is 62.0 cm³/mol. The predicted octanol–water partition coefficient (Wildman–Crippen LogP) is 1.63. The summed E-state index contributed by atoms with van der Waals surface area (Å²) in [6, 6.07) is 6.06. The molecule has 0 aliphatic carbocycles. The number of β-amino-alcohol motifs (C(OH)–C–C–N with tert-alkyl or cyclic N) is 1. The molecule has 0 amide bonds. The number of aliphatic hydroxyl groups excluding tert-OH is 1. The summed E-state index contributed by atoms with van der Waals surface area (Å²) in [5.41, 5.74) is 1.23. The van der Waals surface area contributed by atoms with Gasteiger partial charge in [0, 0.05) is 19.6 Å². The number of nitrogens with zero attached hydrogens (tertiary/aromatic N) is 1. The van der Waals surface area contributed by atoms with Crippen LogP contribution in [0.4, 0.5) is 0 Å². The van der Waals surface area contributed by atoms with Crippen LogP contribution in [0.5, 0.6) is 5.75 Å². The topological polar surface area (TPSA) is 32.7 Å². The van der Waals surface area contributed by atoms with E-state index in [9.17, 15) is 0 Å². The Bertz CT molecular complexity index is 350. The molecule has 0 spiro atoms. The van der Waals surface area contributed by atoms with Gasteiger partial charge in [0.2, 0.25) is 0 Å². The summed E-state index contributed by atoms with van der Waals surface area (Å²) in [4.78, 5) is 2.21. The molecule has 1 saturated heterocycles. The van der Waals surface area contributed by atoms with E-state index in [0.29, 0.717) is 0 Å². The van der Waals surface area contributed by atoms with Gasteiger partial charge >= 0.3 is 0 Å². The fourth-order valence-corrected chi connectivity index (χ4v) is 2.33. The Morgan fingerprint density at radius 2 is 2.27 bits per heavy atom. The van der Waals surface area contributed by atoms with E-state index in [2.05, 4.69) is 26.9 Å². The highest BCUT2D eigenvalue weighted by atomic mass is 79.9. The third-order valence-corrected chi connectivity index (χ3v) is 3.18. The first-order chi connectivity index (χ1) is 7.19. The Hall–Kier alpha value is -0.580. The molecule has 1 N–H and O–H groups in total. The van der Waals surface area contributed by atoms with Crippen molar-refractivity contribution in [1.29, 1.82) is 0 Å². The molecule has 0 unspecified atom stereocenters. The van der Waals surface area contributed by atoms with Crippen LogP contribution in [0.25, 0.3) is 0 Å². The highest BCUT2D eigenvalue weighted by molar-refractivity contribution is 9.10. The van der Waals surface area contributed by atoms with E-state index in [4.69, 9.17) is 9.84 Å². The molecule has 1 heterocycles. The highest BCUT2D eigenvalue weighted by Gasteiger charge is 2.23. The second-order valence-electron chi connectivity index (χ2n) is 3.82. The average Bonchev–Trinajstić information content (AvgIpc) is 2.16. The quantitative estimate of drug-likeness (QED) is 0.907. The van der Waals surface area contributed by atoms with Gasteiger partial charge in [-0.2, -0.15) is 0 Å². The summed E-state index contributed by atoms with van der Waals surface area (Å²) >= 11 is 3.46. The van der Waals surface area contributed by atoms with Crippen LogP contribution >= 0.6 is 15.9 Å². The van der Waals surface area contributed by atoms with Crippen LogP contribution in [0.2, 0.25) is 0 Å². The molecule has 1 aliphatic heterocycles. The third kappa shape index (κ3) is 2.51. The lowest BCUT2D eigenvalue weighted by molar-refractivity contribution is -0.00287. The number of likely N-dealkylation sites (tertiary alicyclic amines) is 1. The van der Waals surface area contributed by atoms with Crippen LogP contribution in [0.1, 0.15) is 5.56 Å². The lowest BCUT2D eigenvalue weighted by Gasteiger charge is -2.35. The molecule has 3 nitrogen and oxygen atoms in total. The van der Waals surface area contributed by atoms with Gasteiger partial charge in [-0.3, -0.25) is 4.90 Å². The highest BCUT2D eigenvalue weighted by Crippen LogP contribution is 2.26. The van der Waals surface area contributed by atoms with Crippen molar-refractivity contribution in [2.45, 2.75) is 12.6 Å². The van der Waals surface area contributed by atoms with E-state index in [1.807, 2.05) is 12.1 Å².